The molecule has 3 amide bonds. The van der Waals surface area contributed by atoms with Crippen molar-refractivity contribution in [3.8, 4) is 11.8 Å². The molecule has 7 N–H and O–H groups in total. The molecule has 0 aliphatic heterocycles. The maximum Gasteiger partial charge on any atom is 0.267 e. The molecule has 0 spiro atoms. The summed E-state index contributed by atoms with van der Waals surface area (Å²) in [5.41, 5.74) is 9.83. The van der Waals surface area contributed by atoms with Crippen LogP contribution in [-0.2, 0) is 9.59 Å². The lowest BCUT2D eigenvalue weighted by atomic mass is 9.60. The van der Waals surface area contributed by atoms with Crippen molar-refractivity contribution in [1.82, 2.24) is 16.1 Å². The van der Waals surface area contributed by atoms with Gasteiger partial charge in [0, 0.05) is 35.0 Å². The molecule has 3 aliphatic carbocycles. The standard InChI is InChI=1S/C29H35N5O4/c1-17-22-14-23(29(22,2)3)26(17)31-16-25(35)32-21-12-8-19(9-13-21)5-4-18-6-10-20(11-7-18)27(36)33-24(15-30)28(37)34-38/h6-13,17,22-24,26,31,38H,14-16,30H2,1-3H3,(H,32,35)(H,33,36)(H,34,37)/t17-,22-,23?,24-,26+/m0/s1. The molecular formula is C29H35N5O4. The molecule has 2 bridgehead atoms. The highest BCUT2D eigenvalue weighted by Gasteiger charge is 2.61. The van der Waals surface area contributed by atoms with E-state index in [0.29, 0.717) is 46.7 Å². The molecule has 1 unspecified atom stereocenters. The van der Waals surface area contributed by atoms with Crippen molar-refractivity contribution in [2.24, 2.45) is 28.9 Å². The number of carbonyl (C=O) groups is 3. The maximum atomic E-state index is 12.5. The van der Waals surface area contributed by atoms with Crippen molar-refractivity contribution >= 4 is 23.4 Å². The summed E-state index contributed by atoms with van der Waals surface area (Å²) in [6.07, 6.45) is 1.26. The van der Waals surface area contributed by atoms with Gasteiger partial charge < -0.3 is 21.7 Å². The van der Waals surface area contributed by atoms with Gasteiger partial charge in [-0.2, -0.15) is 0 Å². The Morgan fingerprint density at radius 2 is 1.63 bits per heavy atom. The molecule has 200 valence electrons. The second kappa shape index (κ2) is 11.4. The number of nitrogens with one attached hydrogen (secondary N) is 4. The predicted octanol–water partition coefficient (Wildman–Crippen LogP) is 1.86. The predicted molar refractivity (Wildman–Crippen MR) is 144 cm³/mol. The van der Waals surface area contributed by atoms with E-state index < -0.39 is 17.9 Å². The Balaban J connectivity index is 1.26. The molecule has 0 saturated heterocycles. The van der Waals surface area contributed by atoms with E-state index in [-0.39, 0.29) is 12.5 Å². The van der Waals surface area contributed by atoms with E-state index in [2.05, 4.69) is 48.6 Å². The molecule has 0 heterocycles. The van der Waals surface area contributed by atoms with Crippen LogP contribution in [0.2, 0.25) is 0 Å². The zero-order valence-corrected chi connectivity index (χ0v) is 21.9. The lowest BCUT2D eigenvalue weighted by Crippen LogP contribution is -2.50. The smallest absolute Gasteiger partial charge is 0.267 e. The summed E-state index contributed by atoms with van der Waals surface area (Å²) in [5.74, 6) is 6.75. The van der Waals surface area contributed by atoms with Crippen LogP contribution in [0.15, 0.2) is 48.5 Å². The van der Waals surface area contributed by atoms with Gasteiger partial charge in [-0.3, -0.25) is 19.6 Å². The van der Waals surface area contributed by atoms with Crippen LogP contribution < -0.4 is 27.2 Å². The van der Waals surface area contributed by atoms with Crippen LogP contribution in [0.3, 0.4) is 0 Å². The third-order valence-corrected chi connectivity index (χ3v) is 8.19. The maximum absolute atomic E-state index is 12.5. The molecule has 0 aromatic heterocycles. The number of anilines is 1. The summed E-state index contributed by atoms with van der Waals surface area (Å²) >= 11 is 0. The molecule has 3 saturated carbocycles. The third kappa shape index (κ3) is 5.73. The van der Waals surface area contributed by atoms with Crippen LogP contribution >= 0.6 is 0 Å². The van der Waals surface area contributed by atoms with Crippen molar-refractivity contribution in [2.45, 2.75) is 39.3 Å². The highest BCUT2D eigenvalue weighted by Crippen LogP contribution is 2.64. The van der Waals surface area contributed by atoms with Gasteiger partial charge in [0.2, 0.25) is 5.91 Å². The SMILES string of the molecule is C[C@@H]1[C@@H](NCC(=O)Nc2ccc(C#Cc3ccc(C(=O)N[C@@H](CN)C(=O)NO)cc3)cc2)C2C[C@@H]1C2(C)C. The van der Waals surface area contributed by atoms with Crippen LogP contribution in [0.5, 0.6) is 0 Å². The first-order valence-electron chi connectivity index (χ1n) is 12.8. The Bertz CT molecular complexity index is 1250. The fourth-order valence-electron chi connectivity index (χ4n) is 5.89. The fourth-order valence-corrected chi connectivity index (χ4v) is 5.89. The fraction of sp³-hybridized carbons (Fsp3) is 0.414. The highest BCUT2D eigenvalue weighted by molar-refractivity contribution is 5.97. The van der Waals surface area contributed by atoms with Crippen molar-refractivity contribution in [1.29, 1.82) is 0 Å². The normalized spacial score (nSPS) is 23.3. The summed E-state index contributed by atoms with van der Waals surface area (Å²) < 4.78 is 0. The molecule has 0 radical (unpaired) electrons. The molecule has 2 aromatic rings. The molecule has 5 atom stereocenters. The molecule has 9 nitrogen and oxygen atoms in total. The zero-order chi connectivity index (χ0) is 27.4. The number of amides is 3. The Morgan fingerprint density at radius 1 is 1.03 bits per heavy atom. The number of nitrogens with two attached hydrogens (primary N) is 1. The molecule has 5 rings (SSSR count). The van der Waals surface area contributed by atoms with Gasteiger partial charge in [0.25, 0.3) is 11.8 Å². The number of hydrogen-bond donors (Lipinski definition) is 6. The first kappa shape index (κ1) is 27.3. The Labute approximate surface area is 222 Å². The molecule has 3 aliphatic rings. The van der Waals surface area contributed by atoms with E-state index in [9.17, 15) is 14.4 Å². The first-order valence-corrected chi connectivity index (χ1v) is 12.8. The molecular weight excluding hydrogens is 482 g/mol. The minimum Gasteiger partial charge on any atom is -0.339 e. The lowest BCUT2D eigenvalue weighted by molar-refractivity contribution is -0.130. The first-order chi connectivity index (χ1) is 18.1. The van der Waals surface area contributed by atoms with E-state index in [1.807, 2.05) is 24.3 Å². The summed E-state index contributed by atoms with van der Waals surface area (Å²) in [6, 6.07) is 13.3. The van der Waals surface area contributed by atoms with E-state index in [0.717, 1.165) is 11.5 Å². The van der Waals surface area contributed by atoms with Gasteiger partial charge in [0.1, 0.15) is 6.04 Å². The third-order valence-electron chi connectivity index (χ3n) is 8.19. The number of benzene rings is 2. The monoisotopic (exact) mass is 517 g/mol. The van der Waals surface area contributed by atoms with Gasteiger partial charge in [-0.05, 0) is 78.1 Å². The second-order valence-corrected chi connectivity index (χ2v) is 10.7. The highest BCUT2D eigenvalue weighted by atomic mass is 16.5. The Morgan fingerprint density at radius 3 is 2.13 bits per heavy atom. The van der Waals surface area contributed by atoms with Crippen LogP contribution in [-0.4, -0.2) is 48.1 Å². The number of fused-ring (bicyclic) bond motifs is 1. The van der Waals surface area contributed by atoms with Gasteiger partial charge in [-0.1, -0.05) is 32.6 Å². The largest absolute Gasteiger partial charge is 0.339 e. The zero-order valence-electron chi connectivity index (χ0n) is 21.9. The average molecular weight is 518 g/mol. The van der Waals surface area contributed by atoms with E-state index in [1.54, 1.807) is 24.3 Å². The second-order valence-electron chi connectivity index (χ2n) is 10.7. The topological polar surface area (TPSA) is 146 Å². The van der Waals surface area contributed by atoms with Crippen LogP contribution in [0.25, 0.3) is 0 Å². The molecule has 38 heavy (non-hydrogen) atoms. The van der Waals surface area contributed by atoms with Gasteiger partial charge in [-0.15, -0.1) is 0 Å². The number of rotatable bonds is 8. The minimum absolute atomic E-state index is 0.0585. The Kier molecular flexibility index (Phi) is 8.17. The molecule has 9 heteroatoms. The lowest BCUT2D eigenvalue weighted by Gasteiger charge is -2.45. The molecule has 3 fully saturated rings. The number of hydroxylamine groups is 1. The average Bonchev–Trinajstić information content (AvgIpc) is 3.36. The van der Waals surface area contributed by atoms with Crippen molar-refractivity contribution in [3.05, 3.63) is 65.2 Å². The summed E-state index contributed by atoms with van der Waals surface area (Å²) in [4.78, 5) is 36.3. The van der Waals surface area contributed by atoms with Crippen molar-refractivity contribution < 1.29 is 19.6 Å². The minimum atomic E-state index is -1.04. The quantitative estimate of drug-likeness (QED) is 0.179. The van der Waals surface area contributed by atoms with Gasteiger partial charge in [-0.25, -0.2) is 5.48 Å². The van der Waals surface area contributed by atoms with Crippen molar-refractivity contribution in [2.75, 3.05) is 18.4 Å². The molecule has 2 aromatic carbocycles. The Hall–Kier alpha value is -3.71. The van der Waals surface area contributed by atoms with Gasteiger partial charge in [0.15, 0.2) is 0 Å². The summed E-state index contributed by atoms with van der Waals surface area (Å²) in [5, 5.41) is 17.6. The van der Waals surface area contributed by atoms with E-state index in [1.165, 1.54) is 11.9 Å². The summed E-state index contributed by atoms with van der Waals surface area (Å²) in [6.45, 7) is 7.11. The number of hydrogen-bond acceptors (Lipinski definition) is 6. The summed E-state index contributed by atoms with van der Waals surface area (Å²) in [7, 11) is 0. The van der Waals surface area contributed by atoms with E-state index in [4.69, 9.17) is 10.9 Å². The van der Waals surface area contributed by atoms with Crippen LogP contribution in [0.1, 0.15) is 48.7 Å². The van der Waals surface area contributed by atoms with Crippen molar-refractivity contribution in [3.63, 3.8) is 0 Å². The number of carbonyl (C=O) groups excluding carboxylic acids is 3. The van der Waals surface area contributed by atoms with E-state index >= 15 is 0 Å². The van der Waals surface area contributed by atoms with Gasteiger partial charge >= 0.3 is 0 Å². The van der Waals surface area contributed by atoms with Gasteiger partial charge in [0.05, 0.1) is 6.54 Å². The van der Waals surface area contributed by atoms with Crippen LogP contribution in [0.4, 0.5) is 5.69 Å². The van der Waals surface area contributed by atoms with Crippen LogP contribution in [0, 0.1) is 35.0 Å².